The molecule has 1 aromatic carbocycles. The maximum absolute atomic E-state index is 14.8. The molecule has 0 bridgehead atoms. The van der Waals surface area contributed by atoms with E-state index in [-0.39, 0.29) is 29.7 Å². The van der Waals surface area contributed by atoms with Crippen LogP contribution in [0, 0.1) is 17.2 Å². The quantitative estimate of drug-likeness (QED) is 0.256. The van der Waals surface area contributed by atoms with E-state index in [4.69, 9.17) is 14.2 Å². The first-order valence-corrected chi connectivity index (χ1v) is 13.2. The van der Waals surface area contributed by atoms with Crippen LogP contribution in [0.3, 0.4) is 0 Å². The second kappa shape index (κ2) is 11.9. The van der Waals surface area contributed by atoms with Gasteiger partial charge in [0.15, 0.2) is 0 Å². The standard InChI is InChI=1S/C31H37FN2O4/c1-6-37-29(35)16-26(20-7-8-20)21-11-12-33-23(13-21)19-38-25-14-22(17-31(2,3)4)30(34-18-25)27-15-24(36-5)9-10-28(27)32/h9-15,18,20,26H,6-8,16-17,19H2,1-5H3. The largest absolute Gasteiger partial charge is 0.497 e. The lowest BCUT2D eigenvalue weighted by molar-refractivity contribution is -0.143. The van der Waals surface area contributed by atoms with Crippen molar-refractivity contribution in [2.75, 3.05) is 13.7 Å². The van der Waals surface area contributed by atoms with Gasteiger partial charge in [0.05, 0.1) is 37.7 Å². The number of aromatic nitrogens is 2. The molecule has 1 saturated carbocycles. The molecule has 0 saturated heterocycles. The molecule has 0 amide bonds. The van der Waals surface area contributed by atoms with Crippen LogP contribution >= 0.6 is 0 Å². The van der Waals surface area contributed by atoms with Crippen molar-refractivity contribution < 1.29 is 23.4 Å². The fourth-order valence-corrected chi connectivity index (χ4v) is 4.75. The summed E-state index contributed by atoms with van der Waals surface area (Å²) in [6, 6.07) is 10.6. The van der Waals surface area contributed by atoms with Crippen LogP contribution in [0.2, 0.25) is 0 Å². The van der Waals surface area contributed by atoms with Crippen molar-refractivity contribution >= 4 is 5.97 Å². The number of hydrogen-bond donors (Lipinski definition) is 0. The first-order chi connectivity index (χ1) is 18.2. The Labute approximate surface area is 224 Å². The molecule has 3 aromatic rings. The Morgan fingerprint density at radius 3 is 2.58 bits per heavy atom. The van der Waals surface area contributed by atoms with E-state index in [9.17, 15) is 9.18 Å². The number of pyridine rings is 2. The van der Waals surface area contributed by atoms with Crippen LogP contribution in [0.1, 0.15) is 69.7 Å². The second-order valence-corrected chi connectivity index (χ2v) is 11.1. The highest BCUT2D eigenvalue weighted by molar-refractivity contribution is 5.70. The molecule has 6 nitrogen and oxygen atoms in total. The van der Waals surface area contributed by atoms with Gasteiger partial charge in [-0.25, -0.2) is 4.39 Å². The van der Waals surface area contributed by atoms with Crippen LogP contribution in [0.5, 0.6) is 11.5 Å². The lowest BCUT2D eigenvalue weighted by Crippen LogP contribution is -2.13. The molecule has 1 aliphatic carbocycles. The molecule has 1 unspecified atom stereocenters. The Kier molecular flexibility index (Phi) is 8.65. The summed E-state index contributed by atoms with van der Waals surface area (Å²) < 4.78 is 31.4. The number of benzene rings is 1. The van der Waals surface area contributed by atoms with Crippen molar-refractivity contribution in [3.05, 3.63) is 71.4 Å². The highest BCUT2D eigenvalue weighted by atomic mass is 19.1. The summed E-state index contributed by atoms with van der Waals surface area (Å²) in [7, 11) is 1.56. The molecule has 1 aliphatic rings. The maximum Gasteiger partial charge on any atom is 0.306 e. The van der Waals surface area contributed by atoms with Crippen LogP contribution < -0.4 is 9.47 Å². The number of carbonyl (C=O) groups is 1. The van der Waals surface area contributed by atoms with Gasteiger partial charge in [-0.15, -0.1) is 0 Å². The van der Waals surface area contributed by atoms with E-state index in [1.807, 2.05) is 25.1 Å². The van der Waals surface area contributed by atoms with Gasteiger partial charge in [0.1, 0.15) is 23.9 Å². The Morgan fingerprint density at radius 2 is 1.89 bits per heavy atom. The lowest BCUT2D eigenvalue weighted by Gasteiger charge is -2.21. The fraction of sp³-hybridized carbons (Fsp3) is 0.452. The summed E-state index contributed by atoms with van der Waals surface area (Å²) >= 11 is 0. The number of hydrogen-bond acceptors (Lipinski definition) is 6. The minimum atomic E-state index is -0.351. The van der Waals surface area contributed by atoms with Crippen molar-refractivity contribution in [1.82, 2.24) is 9.97 Å². The lowest BCUT2D eigenvalue weighted by atomic mass is 9.86. The van der Waals surface area contributed by atoms with E-state index in [0.29, 0.717) is 48.1 Å². The van der Waals surface area contributed by atoms with E-state index in [2.05, 4.69) is 30.7 Å². The van der Waals surface area contributed by atoms with Gasteiger partial charge < -0.3 is 14.2 Å². The van der Waals surface area contributed by atoms with Crippen molar-refractivity contribution in [2.24, 2.45) is 11.3 Å². The van der Waals surface area contributed by atoms with Gasteiger partial charge in [-0.2, -0.15) is 0 Å². The Balaban J connectivity index is 1.55. The Bertz CT molecular complexity index is 1270. The monoisotopic (exact) mass is 520 g/mol. The molecule has 4 rings (SSSR count). The number of ether oxygens (including phenoxy) is 3. The molecule has 2 aromatic heterocycles. The summed E-state index contributed by atoms with van der Waals surface area (Å²) in [6.45, 7) is 8.87. The van der Waals surface area contributed by atoms with E-state index in [0.717, 1.165) is 29.7 Å². The number of halogens is 1. The Morgan fingerprint density at radius 1 is 1.11 bits per heavy atom. The van der Waals surface area contributed by atoms with Crippen molar-refractivity contribution in [3.8, 4) is 22.8 Å². The minimum Gasteiger partial charge on any atom is -0.497 e. The molecule has 202 valence electrons. The number of esters is 1. The molecule has 0 radical (unpaired) electrons. The summed E-state index contributed by atoms with van der Waals surface area (Å²) in [5.74, 6) is 1.29. The van der Waals surface area contributed by atoms with E-state index >= 15 is 0 Å². The van der Waals surface area contributed by atoms with Gasteiger partial charge in [0.25, 0.3) is 0 Å². The van der Waals surface area contributed by atoms with Gasteiger partial charge in [-0.3, -0.25) is 14.8 Å². The zero-order valence-corrected chi connectivity index (χ0v) is 22.9. The van der Waals surface area contributed by atoms with Gasteiger partial charge >= 0.3 is 5.97 Å². The molecule has 0 N–H and O–H groups in total. The van der Waals surface area contributed by atoms with Crippen molar-refractivity contribution in [2.45, 2.75) is 65.9 Å². The van der Waals surface area contributed by atoms with Gasteiger partial charge in [0.2, 0.25) is 0 Å². The predicted molar refractivity (Wildman–Crippen MR) is 145 cm³/mol. The van der Waals surface area contributed by atoms with Gasteiger partial charge in [-0.1, -0.05) is 20.8 Å². The first kappa shape index (κ1) is 27.6. The summed E-state index contributed by atoms with van der Waals surface area (Å²) in [5, 5.41) is 0. The third-order valence-corrected chi connectivity index (χ3v) is 6.63. The molecule has 1 fully saturated rings. The number of methoxy groups -OCH3 is 1. The van der Waals surface area contributed by atoms with Crippen LogP contribution in [-0.2, 0) is 22.6 Å². The van der Waals surface area contributed by atoms with E-state index in [1.165, 1.54) is 6.07 Å². The smallest absolute Gasteiger partial charge is 0.306 e. The van der Waals surface area contributed by atoms with Crippen LogP contribution in [-0.4, -0.2) is 29.7 Å². The second-order valence-electron chi connectivity index (χ2n) is 11.1. The summed E-state index contributed by atoms with van der Waals surface area (Å²) in [5.41, 5.74) is 3.69. The van der Waals surface area contributed by atoms with E-state index in [1.54, 1.807) is 31.6 Å². The third kappa shape index (κ3) is 7.30. The highest BCUT2D eigenvalue weighted by Crippen LogP contribution is 2.44. The summed E-state index contributed by atoms with van der Waals surface area (Å²) in [6.07, 6.45) is 6.71. The van der Waals surface area contributed by atoms with Crippen molar-refractivity contribution in [3.63, 3.8) is 0 Å². The Hall–Kier alpha value is -3.48. The highest BCUT2D eigenvalue weighted by Gasteiger charge is 2.34. The number of nitrogens with zero attached hydrogens (tertiary/aromatic N) is 2. The average molecular weight is 521 g/mol. The van der Waals surface area contributed by atoms with Crippen LogP contribution in [0.15, 0.2) is 48.8 Å². The summed E-state index contributed by atoms with van der Waals surface area (Å²) in [4.78, 5) is 21.3. The minimum absolute atomic E-state index is 0.0446. The van der Waals surface area contributed by atoms with Crippen LogP contribution in [0.25, 0.3) is 11.3 Å². The van der Waals surface area contributed by atoms with Gasteiger partial charge in [-0.05, 0) is 91.0 Å². The van der Waals surface area contributed by atoms with Crippen LogP contribution in [0.4, 0.5) is 4.39 Å². The van der Waals surface area contributed by atoms with E-state index < -0.39 is 0 Å². The third-order valence-electron chi connectivity index (χ3n) is 6.63. The normalized spacial score (nSPS) is 14.2. The molecule has 0 spiro atoms. The zero-order chi connectivity index (χ0) is 27.3. The molecule has 1 atom stereocenters. The number of rotatable bonds is 11. The SMILES string of the molecule is CCOC(=O)CC(c1ccnc(COc2cnc(-c3cc(OC)ccc3F)c(CC(C)(C)C)c2)c1)C1CC1. The number of carbonyl (C=O) groups excluding carboxylic acids is 1. The zero-order valence-electron chi connectivity index (χ0n) is 22.9. The molecule has 0 aliphatic heterocycles. The maximum atomic E-state index is 14.8. The molecule has 2 heterocycles. The average Bonchev–Trinajstić information content (AvgIpc) is 3.71. The van der Waals surface area contributed by atoms with Crippen molar-refractivity contribution in [1.29, 1.82) is 0 Å². The predicted octanol–water partition coefficient (Wildman–Crippen LogP) is 6.91. The molecule has 7 heteroatoms. The first-order valence-electron chi connectivity index (χ1n) is 13.2. The topological polar surface area (TPSA) is 70.5 Å². The molecular formula is C31H37FN2O4. The van der Waals surface area contributed by atoms with Gasteiger partial charge in [0, 0.05) is 11.8 Å². The molecule has 38 heavy (non-hydrogen) atoms. The fourth-order valence-electron chi connectivity index (χ4n) is 4.75. The molecular weight excluding hydrogens is 483 g/mol.